The number of nitrogens with zero attached hydrogens (tertiary/aromatic N) is 4. The fourth-order valence-corrected chi connectivity index (χ4v) is 3.42. The number of fused-ring (bicyclic) bond motifs is 2. The van der Waals surface area contributed by atoms with Crippen LogP contribution in [0.5, 0.6) is 0 Å². The standard InChI is InChI=1S/C22H19N7O/c1-2-5-20(30)25-14-8-13(10-23-11-14)18-9-15-19(12-24-18)28-29-21(15)22-26-16-6-3-4-7-17(16)27-22/h3-4,6-12H,2,5H2,1H3,(H,25,30)(H,26,27)(H,28,29). The van der Waals surface area contributed by atoms with Crippen molar-refractivity contribution in [1.82, 2.24) is 30.1 Å². The van der Waals surface area contributed by atoms with Crippen LogP contribution in [-0.4, -0.2) is 36.0 Å². The van der Waals surface area contributed by atoms with Gasteiger partial charge in [0.15, 0.2) is 5.82 Å². The summed E-state index contributed by atoms with van der Waals surface area (Å²) < 4.78 is 0. The number of para-hydroxylation sites is 2. The third-order valence-electron chi connectivity index (χ3n) is 4.86. The summed E-state index contributed by atoms with van der Waals surface area (Å²) in [5.41, 5.74) is 5.58. The van der Waals surface area contributed by atoms with E-state index in [0.717, 1.165) is 45.3 Å². The highest BCUT2D eigenvalue weighted by molar-refractivity contribution is 5.95. The second-order valence-corrected chi connectivity index (χ2v) is 7.05. The Balaban J connectivity index is 1.54. The molecule has 8 heteroatoms. The summed E-state index contributed by atoms with van der Waals surface area (Å²) in [6, 6.07) is 11.7. The van der Waals surface area contributed by atoms with E-state index in [-0.39, 0.29) is 5.91 Å². The molecule has 1 aromatic carbocycles. The number of aromatic amines is 2. The predicted molar refractivity (Wildman–Crippen MR) is 116 cm³/mol. The molecule has 0 aliphatic carbocycles. The Bertz CT molecular complexity index is 1340. The quantitative estimate of drug-likeness (QED) is 0.409. The lowest BCUT2D eigenvalue weighted by molar-refractivity contribution is -0.116. The van der Waals surface area contributed by atoms with Crippen LogP contribution in [0, 0.1) is 0 Å². The van der Waals surface area contributed by atoms with Crippen LogP contribution < -0.4 is 5.32 Å². The number of benzene rings is 1. The first kappa shape index (κ1) is 18.0. The van der Waals surface area contributed by atoms with Gasteiger partial charge in [0.05, 0.1) is 40.3 Å². The Morgan fingerprint density at radius 3 is 2.87 bits per heavy atom. The predicted octanol–water partition coefficient (Wildman–Crippen LogP) is 4.30. The molecule has 148 valence electrons. The van der Waals surface area contributed by atoms with Gasteiger partial charge in [-0.2, -0.15) is 5.10 Å². The molecule has 0 atom stereocenters. The normalized spacial score (nSPS) is 11.2. The highest BCUT2D eigenvalue weighted by atomic mass is 16.1. The second kappa shape index (κ2) is 7.40. The van der Waals surface area contributed by atoms with Crippen LogP contribution in [0.15, 0.2) is 55.0 Å². The van der Waals surface area contributed by atoms with E-state index in [0.29, 0.717) is 17.9 Å². The minimum atomic E-state index is -0.0260. The molecule has 5 rings (SSSR count). The highest BCUT2D eigenvalue weighted by Crippen LogP contribution is 2.29. The molecule has 0 aliphatic rings. The number of aromatic nitrogens is 6. The van der Waals surface area contributed by atoms with Gasteiger partial charge in [-0.15, -0.1) is 0 Å². The van der Waals surface area contributed by atoms with Crippen LogP contribution in [0.3, 0.4) is 0 Å². The number of anilines is 1. The highest BCUT2D eigenvalue weighted by Gasteiger charge is 2.14. The number of H-pyrrole nitrogens is 2. The zero-order chi connectivity index (χ0) is 20.5. The lowest BCUT2D eigenvalue weighted by Crippen LogP contribution is -2.10. The zero-order valence-corrected chi connectivity index (χ0v) is 16.3. The molecule has 0 spiro atoms. The van der Waals surface area contributed by atoms with Crippen LogP contribution in [0.4, 0.5) is 5.69 Å². The van der Waals surface area contributed by atoms with Gasteiger partial charge < -0.3 is 10.3 Å². The molecular formula is C22H19N7O. The summed E-state index contributed by atoms with van der Waals surface area (Å²) in [5, 5.41) is 11.2. The molecule has 8 nitrogen and oxygen atoms in total. The molecule has 3 N–H and O–H groups in total. The maximum atomic E-state index is 11.9. The monoisotopic (exact) mass is 397 g/mol. The molecule has 0 unspecified atom stereocenters. The Labute approximate surface area is 171 Å². The van der Waals surface area contributed by atoms with E-state index in [1.54, 1.807) is 18.6 Å². The molecule has 0 aliphatic heterocycles. The van der Waals surface area contributed by atoms with E-state index in [1.807, 2.05) is 43.3 Å². The van der Waals surface area contributed by atoms with Crippen molar-refractivity contribution in [3.63, 3.8) is 0 Å². The van der Waals surface area contributed by atoms with E-state index in [4.69, 9.17) is 0 Å². The number of pyridine rings is 2. The number of carbonyl (C=O) groups is 1. The molecule has 0 saturated heterocycles. The van der Waals surface area contributed by atoms with Crippen molar-refractivity contribution in [2.75, 3.05) is 5.32 Å². The number of hydrogen-bond acceptors (Lipinski definition) is 5. The third-order valence-corrected chi connectivity index (χ3v) is 4.86. The van der Waals surface area contributed by atoms with E-state index in [9.17, 15) is 4.79 Å². The second-order valence-electron chi connectivity index (χ2n) is 7.05. The largest absolute Gasteiger partial charge is 0.337 e. The van der Waals surface area contributed by atoms with E-state index < -0.39 is 0 Å². The minimum Gasteiger partial charge on any atom is -0.337 e. The number of rotatable bonds is 5. The van der Waals surface area contributed by atoms with Crippen molar-refractivity contribution < 1.29 is 4.79 Å². The zero-order valence-electron chi connectivity index (χ0n) is 16.3. The van der Waals surface area contributed by atoms with Gasteiger partial charge >= 0.3 is 0 Å². The summed E-state index contributed by atoms with van der Waals surface area (Å²) in [6.07, 6.45) is 6.37. The molecule has 30 heavy (non-hydrogen) atoms. The van der Waals surface area contributed by atoms with Gasteiger partial charge in [-0.25, -0.2) is 4.98 Å². The SMILES string of the molecule is CCCC(=O)Nc1cncc(-c2cc3c(-c4nc5ccccc5[nH]4)n[nH]c3cn2)c1. The van der Waals surface area contributed by atoms with E-state index >= 15 is 0 Å². The van der Waals surface area contributed by atoms with E-state index in [1.165, 1.54) is 0 Å². The number of carbonyl (C=O) groups excluding carboxylic acids is 1. The van der Waals surface area contributed by atoms with Crippen LogP contribution in [-0.2, 0) is 4.79 Å². The Morgan fingerprint density at radius 2 is 2.00 bits per heavy atom. The molecule has 4 aromatic heterocycles. The smallest absolute Gasteiger partial charge is 0.224 e. The first-order valence-electron chi connectivity index (χ1n) is 9.76. The van der Waals surface area contributed by atoms with Gasteiger partial charge in [0.1, 0.15) is 5.69 Å². The van der Waals surface area contributed by atoms with Crippen LogP contribution in [0.1, 0.15) is 19.8 Å². The molecule has 0 fully saturated rings. The number of imidazole rings is 1. The topological polar surface area (TPSA) is 112 Å². The Kier molecular flexibility index (Phi) is 4.44. The number of amides is 1. The lowest BCUT2D eigenvalue weighted by Gasteiger charge is -2.06. The molecule has 0 saturated carbocycles. The number of hydrogen-bond donors (Lipinski definition) is 3. The van der Waals surface area contributed by atoms with Crippen molar-refractivity contribution in [2.24, 2.45) is 0 Å². The van der Waals surface area contributed by atoms with Crippen LogP contribution in [0.2, 0.25) is 0 Å². The number of nitrogens with one attached hydrogen (secondary N) is 3. The molecule has 1 amide bonds. The molecule has 0 bridgehead atoms. The van der Waals surface area contributed by atoms with E-state index in [2.05, 4.69) is 35.5 Å². The summed E-state index contributed by atoms with van der Waals surface area (Å²) in [5.74, 6) is 0.667. The molecule has 5 aromatic rings. The Morgan fingerprint density at radius 1 is 1.10 bits per heavy atom. The fourth-order valence-electron chi connectivity index (χ4n) is 3.42. The third kappa shape index (κ3) is 3.28. The average Bonchev–Trinajstić information content (AvgIpc) is 3.37. The van der Waals surface area contributed by atoms with Crippen LogP contribution >= 0.6 is 0 Å². The first-order chi connectivity index (χ1) is 14.7. The van der Waals surface area contributed by atoms with Gasteiger partial charge in [0, 0.05) is 23.6 Å². The minimum absolute atomic E-state index is 0.0260. The summed E-state index contributed by atoms with van der Waals surface area (Å²) in [7, 11) is 0. The van der Waals surface area contributed by atoms with Crippen molar-refractivity contribution in [2.45, 2.75) is 19.8 Å². The molecule has 0 radical (unpaired) electrons. The van der Waals surface area contributed by atoms with Crippen molar-refractivity contribution in [3.05, 3.63) is 55.0 Å². The van der Waals surface area contributed by atoms with Gasteiger partial charge in [-0.05, 0) is 30.7 Å². The van der Waals surface area contributed by atoms with Gasteiger partial charge in [-0.3, -0.25) is 19.9 Å². The first-order valence-corrected chi connectivity index (χ1v) is 9.76. The summed E-state index contributed by atoms with van der Waals surface area (Å²) in [4.78, 5) is 28.7. The molecular weight excluding hydrogens is 378 g/mol. The Hall–Kier alpha value is -4.07. The summed E-state index contributed by atoms with van der Waals surface area (Å²) >= 11 is 0. The van der Waals surface area contributed by atoms with Crippen molar-refractivity contribution in [3.8, 4) is 22.8 Å². The van der Waals surface area contributed by atoms with Crippen molar-refractivity contribution >= 4 is 33.5 Å². The van der Waals surface area contributed by atoms with Gasteiger partial charge in [0.25, 0.3) is 0 Å². The average molecular weight is 397 g/mol. The summed E-state index contributed by atoms with van der Waals surface area (Å²) in [6.45, 7) is 1.97. The van der Waals surface area contributed by atoms with Gasteiger partial charge in [-0.1, -0.05) is 19.1 Å². The van der Waals surface area contributed by atoms with Gasteiger partial charge in [0.2, 0.25) is 5.91 Å². The van der Waals surface area contributed by atoms with Crippen LogP contribution in [0.25, 0.3) is 44.7 Å². The van der Waals surface area contributed by atoms with Crippen molar-refractivity contribution in [1.29, 1.82) is 0 Å². The molecule has 4 heterocycles. The maximum Gasteiger partial charge on any atom is 0.224 e. The lowest BCUT2D eigenvalue weighted by atomic mass is 10.1. The maximum absolute atomic E-state index is 11.9. The fraction of sp³-hybridized carbons (Fsp3) is 0.136.